The van der Waals surface area contributed by atoms with Gasteiger partial charge in [0.25, 0.3) is 17.7 Å². The number of hydrogen-bond donors (Lipinski definition) is 1. The van der Waals surface area contributed by atoms with Crippen molar-refractivity contribution < 1.29 is 37.8 Å². The highest BCUT2D eigenvalue weighted by atomic mass is 16.5. The van der Waals surface area contributed by atoms with E-state index < -0.39 is 30.4 Å². The second-order valence-corrected chi connectivity index (χ2v) is 6.83. The van der Waals surface area contributed by atoms with E-state index in [4.69, 9.17) is 18.6 Å². The maximum atomic E-state index is 12.9. The number of nitrogens with one attached hydrogen (secondary N) is 1. The molecule has 0 aliphatic carbocycles. The van der Waals surface area contributed by atoms with Crippen molar-refractivity contribution in [2.24, 2.45) is 0 Å². The van der Waals surface area contributed by atoms with E-state index in [9.17, 15) is 19.2 Å². The van der Waals surface area contributed by atoms with Crippen LogP contribution < -0.4 is 14.8 Å². The van der Waals surface area contributed by atoms with Crippen LogP contribution in [0.2, 0.25) is 0 Å². The second kappa shape index (κ2) is 8.87. The van der Waals surface area contributed by atoms with Gasteiger partial charge in [0.05, 0.1) is 42.9 Å². The highest BCUT2D eigenvalue weighted by Crippen LogP contribution is 2.34. The maximum absolute atomic E-state index is 12.9. The molecular formula is C23H18N2O8. The molecule has 3 aromatic rings. The van der Waals surface area contributed by atoms with Crippen LogP contribution in [0.25, 0.3) is 0 Å². The van der Waals surface area contributed by atoms with Crippen LogP contribution in [0.15, 0.2) is 59.2 Å². The monoisotopic (exact) mass is 450 g/mol. The van der Waals surface area contributed by atoms with Gasteiger partial charge in [-0.15, -0.1) is 0 Å². The van der Waals surface area contributed by atoms with Crippen LogP contribution in [0.1, 0.15) is 41.6 Å². The van der Waals surface area contributed by atoms with Crippen LogP contribution in [-0.2, 0) is 4.74 Å². The number of hydrogen-bond acceptors (Lipinski definition) is 8. The first kappa shape index (κ1) is 21.6. The number of carbonyl (C=O) groups is 4. The van der Waals surface area contributed by atoms with Gasteiger partial charge in [-0.25, -0.2) is 9.69 Å². The molecule has 0 spiro atoms. The van der Waals surface area contributed by atoms with E-state index >= 15 is 0 Å². The quantitative estimate of drug-likeness (QED) is 0.430. The third-order valence-electron chi connectivity index (χ3n) is 4.94. The summed E-state index contributed by atoms with van der Waals surface area (Å²) in [6.45, 7) is -0.606. The number of anilines is 1. The van der Waals surface area contributed by atoms with Gasteiger partial charge in [0.2, 0.25) is 0 Å². The Morgan fingerprint density at radius 1 is 0.939 bits per heavy atom. The number of fused-ring (bicyclic) bond motifs is 1. The predicted octanol–water partition coefficient (Wildman–Crippen LogP) is 2.96. The highest BCUT2D eigenvalue weighted by molar-refractivity contribution is 6.21. The first-order chi connectivity index (χ1) is 15.9. The molecule has 10 heteroatoms. The minimum absolute atomic E-state index is 0.0233. The fourth-order valence-corrected chi connectivity index (χ4v) is 3.30. The van der Waals surface area contributed by atoms with Crippen LogP contribution in [-0.4, -0.2) is 49.5 Å². The Bertz CT molecular complexity index is 1210. The number of benzene rings is 2. The van der Waals surface area contributed by atoms with E-state index in [1.54, 1.807) is 18.2 Å². The number of furan rings is 1. The molecule has 0 radical (unpaired) electrons. The minimum Gasteiger partial charge on any atom is -0.493 e. The zero-order chi connectivity index (χ0) is 23.5. The Morgan fingerprint density at radius 2 is 1.58 bits per heavy atom. The molecule has 0 atom stereocenters. The molecule has 168 valence electrons. The lowest BCUT2D eigenvalue weighted by Crippen LogP contribution is -2.33. The van der Waals surface area contributed by atoms with E-state index in [1.807, 2.05) is 0 Å². The molecule has 3 amide bonds. The van der Waals surface area contributed by atoms with Crippen molar-refractivity contribution >= 4 is 29.4 Å². The van der Waals surface area contributed by atoms with Gasteiger partial charge in [-0.3, -0.25) is 14.4 Å². The lowest BCUT2D eigenvalue weighted by atomic mass is 10.1. The van der Waals surface area contributed by atoms with E-state index in [1.165, 1.54) is 50.8 Å². The lowest BCUT2D eigenvalue weighted by molar-refractivity contribution is 0.0228. The minimum atomic E-state index is -0.901. The molecule has 33 heavy (non-hydrogen) atoms. The Kier molecular flexibility index (Phi) is 5.81. The van der Waals surface area contributed by atoms with Crippen LogP contribution >= 0.6 is 0 Å². The van der Waals surface area contributed by atoms with Crippen molar-refractivity contribution in [3.63, 3.8) is 0 Å². The molecule has 2 heterocycles. The molecule has 1 aliphatic heterocycles. The zero-order valence-corrected chi connectivity index (χ0v) is 17.6. The molecular weight excluding hydrogens is 432 g/mol. The molecule has 10 nitrogen and oxygen atoms in total. The van der Waals surface area contributed by atoms with Gasteiger partial charge in [-0.05, 0) is 24.3 Å². The van der Waals surface area contributed by atoms with E-state index in [-0.39, 0.29) is 39.6 Å². The first-order valence-electron chi connectivity index (χ1n) is 9.67. The van der Waals surface area contributed by atoms with Gasteiger partial charge in [-0.2, -0.15) is 0 Å². The molecule has 0 fully saturated rings. The van der Waals surface area contributed by atoms with Gasteiger partial charge in [0.15, 0.2) is 24.0 Å². The largest absolute Gasteiger partial charge is 0.493 e. The van der Waals surface area contributed by atoms with Crippen molar-refractivity contribution in [2.45, 2.75) is 0 Å². The number of imide groups is 1. The van der Waals surface area contributed by atoms with Crippen LogP contribution in [0, 0.1) is 0 Å². The van der Waals surface area contributed by atoms with Gasteiger partial charge >= 0.3 is 5.97 Å². The van der Waals surface area contributed by atoms with Crippen LogP contribution in [0.4, 0.5) is 5.69 Å². The maximum Gasteiger partial charge on any atom is 0.342 e. The second-order valence-electron chi connectivity index (χ2n) is 6.83. The smallest absolute Gasteiger partial charge is 0.342 e. The van der Waals surface area contributed by atoms with Gasteiger partial charge < -0.3 is 23.9 Å². The normalized spacial score (nSPS) is 12.4. The standard InChI is InChI=1S/C23H18N2O8/c1-30-18-10-15(16(11-19(18)31-2)24-20(26)17-8-5-9-32-17)23(29)33-12-25-21(27)13-6-3-4-7-14(13)22(25)28/h3-11H,12H2,1-2H3,(H,24,26). The Hall–Kier alpha value is -4.60. The number of amides is 3. The Balaban J connectivity index is 1.58. The fraction of sp³-hybridized carbons (Fsp3) is 0.130. The molecule has 1 aromatic heterocycles. The number of methoxy groups -OCH3 is 2. The molecule has 0 bridgehead atoms. The summed E-state index contributed by atoms with van der Waals surface area (Å²) < 4.78 is 20.8. The van der Waals surface area contributed by atoms with Crippen molar-refractivity contribution in [1.82, 2.24) is 4.90 Å². The van der Waals surface area contributed by atoms with Crippen molar-refractivity contribution in [3.8, 4) is 11.5 Å². The summed E-state index contributed by atoms with van der Waals surface area (Å²) >= 11 is 0. The van der Waals surface area contributed by atoms with Gasteiger partial charge in [0, 0.05) is 12.1 Å². The number of ether oxygens (including phenoxy) is 3. The van der Waals surface area contributed by atoms with Gasteiger partial charge in [0.1, 0.15) is 0 Å². The summed E-state index contributed by atoms with van der Waals surface area (Å²) in [6, 6.07) is 12.0. The summed E-state index contributed by atoms with van der Waals surface area (Å²) in [4.78, 5) is 51.2. The highest BCUT2D eigenvalue weighted by Gasteiger charge is 2.36. The first-order valence-corrected chi connectivity index (χ1v) is 9.67. The van der Waals surface area contributed by atoms with Crippen LogP contribution in [0.5, 0.6) is 11.5 Å². The third kappa shape index (κ3) is 4.01. The van der Waals surface area contributed by atoms with Gasteiger partial charge in [-0.1, -0.05) is 12.1 Å². The topological polar surface area (TPSA) is 124 Å². The predicted molar refractivity (Wildman–Crippen MR) is 113 cm³/mol. The van der Waals surface area contributed by atoms with Crippen LogP contribution in [0.3, 0.4) is 0 Å². The van der Waals surface area contributed by atoms with Crippen molar-refractivity contribution in [2.75, 3.05) is 26.3 Å². The average Bonchev–Trinajstić information content (AvgIpc) is 3.45. The van der Waals surface area contributed by atoms with Crippen molar-refractivity contribution in [1.29, 1.82) is 0 Å². The summed E-state index contributed by atoms with van der Waals surface area (Å²) in [5, 5.41) is 2.56. The number of nitrogens with zero attached hydrogens (tertiary/aromatic N) is 1. The molecule has 2 aromatic carbocycles. The molecule has 4 rings (SSSR count). The summed E-state index contributed by atoms with van der Waals surface area (Å²) in [7, 11) is 2.78. The Labute approximate surface area is 187 Å². The van der Waals surface area contributed by atoms with E-state index in [0.29, 0.717) is 0 Å². The number of esters is 1. The number of rotatable bonds is 7. The zero-order valence-electron chi connectivity index (χ0n) is 17.6. The van der Waals surface area contributed by atoms with E-state index in [0.717, 1.165) is 4.90 Å². The Morgan fingerprint density at radius 3 is 2.15 bits per heavy atom. The summed E-state index contributed by atoms with van der Waals surface area (Å²) in [6.07, 6.45) is 1.33. The summed E-state index contributed by atoms with van der Waals surface area (Å²) in [5.41, 5.74) is 0.442. The molecule has 1 aliphatic rings. The molecule has 1 N–H and O–H groups in total. The third-order valence-corrected chi connectivity index (χ3v) is 4.94. The molecule has 0 saturated heterocycles. The fourth-order valence-electron chi connectivity index (χ4n) is 3.30. The van der Waals surface area contributed by atoms with E-state index in [2.05, 4.69) is 5.32 Å². The SMILES string of the molecule is COc1cc(NC(=O)c2ccco2)c(C(=O)OCN2C(=O)c3ccccc3C2=O)cc1OC. The summed E-state index contributed by atoms with van der Waals surface area (Å²) in [5.74, 6) is -2.16. The number of carbonyl (C=O) groups excluding carboxylic acids is 4. The molecule has 0 saturated carbocycles. The average molecular weight is 450 g/mol. The van der Waals surface area contributed by atoms with Crippen molar-refractivity contribution in [3.05, 3.63) is 77.2 Å². The molecule has 0 unspecified atom stereocenters. The lowest BCUT2D eigenvalue weighted by Gasteiger charge is -2.17.